The lowest BCUT2D eigenvalue weighted by molar-refractivity contribution is -0.147. The zero-order valence-electron chi connectivity index (χ0n) is 15.3. The number of ether oxygens (including phenoxy) is 2. The Morgan fingerprint density at radius 3 is 2.14 bits per heavy atom. The maximum atomic E-state index is 10.2. The average Bonchev–Trinajstić information content (AvgIpc) is 2.43. The molecule has 1 N–H and O–H groups in total. The molecule has 2 atom stereocenters. The van der Waals surface area contributed by atoms with Crippen LogP contribution in [0.3, 0.4) is 0 Å². The van der Waals surface area contributed by atoms with E-state index in [4.69, 9.17) is 13.9 Å². The van der Waals surface area contributed by atoms with Gasteiger partial charge in [-0.2, -0.15) is 0 Å². The summed E-state index contributed by atoms with van der Waals surface area (Å²) in [5.74, 6) is 0. The Morgan fingerprint density at radius 1 is 1.09 bits per heavy atom. The van der Waals surface area contributed by atoms with E-state index in [2.05, 4.69) is 41.5 Å². The van der Waals surface area contributed by atoms with Gasteiger partial charge in [0.05, 0.1) is 18.8 Å². The second-order valence-electron chi connectivity index (χ2n) is 7.45. The van der Waals surface area contributed by atoms with E-state index in [1.165, 1.54) is 0 Å². The summed E-state index contributed by atoms with van der Waals surface area (Å²) >= 11 is 0. The van der Waals surface area contributed by atoms with Crippen LogP contribution >= 0.6 is 0 Å². The van der Waals surface area contributed by atoms with Gasteiger partial charge in [0.15, 0.2) is 8.32 Å². The molecule has 0 unspecified atom stereocenters. The molecule has 132 valence electrons. The van der Waals surface area contributed by atoms with Crippen LogP contribution in [0.1, 0.15) is 60.8 Å². The topological polar surface area (TPSA) is 47.9 Å². The Hall–Kier alpha value is 0.0569. The van der Waals surface area contributed by atoms with Crippen LogP contribution in [-0.4, -0.2) is 45.6 Å². The first-order valence-electron chi connectivity index (χ1n) is 8.82. The monoisotopic (exact) mass is 332 g/mol. The SMILES string of the molecule is CC(C)[Si](OCC[C@H](O)C[C@@H]1CCOCO1)(C(C)C)C(C)C. The number of hydrogen-bond donors (Lipinski definition) is 1. The van der Waals surface area contributed by atoms with E-state index in [0.717, 1.165) is 13.0 Å². The van der Waals surface area contributed by atoms with Crippen LogP contribution in [0.2, 0.25) is 16.6 Å². The van der Waals surface area contributed by atoms with Crippen molar-refractivity contribution >= 4 is 8.32 Å². The fourth-order valence-corrected chi connectivity index (χ4v) is 9.45. The lowest BCUT2D eigenvalue weighted by Crippen LogP contribution is -2.48. The van der Waals surface area contributed by atoms with Crippen LogP contribution < -0.4 is 0 Å². The summed E-state index contributed by atoms with van der Waals surface area (Å²) in [6.45, 7) is 15.5. The van der Waals surface area contributed by atoms with Crippen molar-refractivity contribution in [1.82, 2.24) is 0 Å². The minimum atomic E-state index is -1.81. The zero-order chi connectivity index (χ0) is 16.8. The van der Waals surface area contributed by atoms with Crippen LogP contribution in [0.5, 0.6) is 0 Å². The Bertz CT molecular complexity index is 279. The van der Waals surface area contributed by atoms with Gasteiger partial charge in [-0.15, -0.1) is 0 Å². The van der Waals surface area contributed by atoms with Crippen LogP contribution in [-0.2, 0) is 13.9 Å². The molecule has 1 saturated heterocycles. The molecule has 0 aromatic heterocycles. The summed E-state index contributed by atoms with van der Waals surface area (Å²) in [6, 6.07) is 0. The van der Waals surface area contributed by atoms with Crippen molar-refractivity contribution in [2.24, 2.45) is 0 Å². The van der Waals surface area contributed by atoms with Gasteiger partial charge in [-0.1, -0.05) is 41.5 Å². The van der Waals surface area contributed by atoms with E-state index in [0.29, 0.717) is 42.9 Å². The standard InChI is InChI=1S/C17H36O4Si/c1-13(2)22(14(3)4,15(5)6)21-10-7-16(18)11-17-8-9-19-12-20-17/h13-18H,7-12H2,1-6H3/t16-,17-/m0/s1. The molecular weight excluding hydrogens is 296 g/mol. The van der Waals surface area contributed by atoms with Gasteiger partial charge in [-0.25, -0.2) is 0 Å². The van der Waals surface area contributed by atoms with Gasteiger partial charge >= 0.3 is 0 Å². The molecule has 1 aliphatic rings. The third kappa shape index (κ3) is 5.30. The maximum absolute atomic E-state index is 10.2. The number of aliphatic hydroxyl groups is 1. The highest BCUT2D eigenvalue weighted by atomic mass is 28.4. The van der Waals surface area contributed by atoms with Gasteiger partial charge in [0, 0.05) is 6.61 Å². The summed E-state index contributed by atoms with van der Waals surface area (Å²) in [4.78, 5) is 0. The van der Waals surface area contributed by atoms with Gasteiger partial charge in [0.25, 0.3) is 0 Å². The fraction of sp³-hybridized carbons (Fsp3) is 1.00. The lowest BCUT2D eigenvalue weighted by atomic mass is 10.1. The minimum absolute atomic E-state index is 0.131. The molecule has 1 aliphatic heterocycles. The molecule has 0 aliphatic carbocycles. The smallest absolute Gasteiger partial charge is 0.200 e. The second kappa shape index (κ2) is 9.38. The number of hydrogen-bond acceptors (Lipinski definition) is 4. The largest absolute Gasteiger partial charge is 0.416 e. The average molecular weight is 333 g/mol. The summed E-state index contributed by atoms with van der Waals surface area (Å²) < 4.78 is 17.1. The summed E-state index contributed by atoms with van der Waals surface area (Å²) in [5.41, 5.74) is 1.76. The van der Waals surface area contributed by atoms with Crippen molar-refractivity contribution < 1.29 is 19.0 Å². The van der Waals surface area contributed by atoms with E-state index < -0.39 is 8.32 Å². The summed E-state index contributed by atoms with van der Waals surface area (Å²) in [6.07, 6.45) is 2.04. The van der Waals surface area contributed by atoms with Gasteiger partial charge < -0.3 is 19.0 Å². The van der Waals surface area contributed by atoms with Crippen LogP contribution in [0.15, 0.2) is 0 Å². The van der Waals surface area contributed by atoms with E-state index in [-0.39, 0.29) is 12.2 Å². The molecule has 0 spiro atoms. The summed E-state index contributed by atoms with van der Waals surface area (Å²) in [7, 11) is -1.81. The molecule has 0 bridgehead atoms. The van der Waals surface area contributed by atoms with Crippen molar-refractivity contribution in [2.45, 2.75) is 89.6 Å². The molecule has 0 aromatic rings. The highest BCUT2D eigenvalue weighted by Gasteiger charge is 2.44. The van der Waals surface area contributed by atoms with Crippen molar-refractivity contribution in [2.75, 3.05) is 20.0 Å². The molecule has 22 heavy (non-hydrogen) atoms. The van der Waals surface area contributed by atoms with Crippen molar-refractivity contribution in [3.8, 4) is 0 Å². The van der Waals surface area contributed by atoms with Gasteiger partial charge in [-0.3, -0.25) is 0 Å². The highest BCUT2D eigenvalue weighted by Crippen LogP contribution is 2.42. The molecule has 1 rings (SSSR count). The molecule has 4 nitrogen and oxygen atoms in total. The summed E-state index contributed by atoms with van der Waals surface area (Å²) in [5, 5.41) is 10.2. The molecule has 0 saturated carbocycles. The Kier molecular flexibility index (Phi) is 8.57. The van der Waals surface area contributed by atoms with E-state index >= 15 is 0 Å². The first kappa shape index (κ1) is 20.1. The quantitative estimate of drug-likeness (QED) is 0.646. The molecular formula is C17H36O4Si. The van der Waals surface area contributed by atoms with E-state index in [1.54, 1.807) is 0 Å². The van der Waals surface area contributed by atoms with Crippen molar-refractivity contribution in [3.63, 3.8) is 0 Å². The zero-order valence-corrected chi connectivity index (χ0v) is 16.3. The van der Waals surface area contributed by atoms with Crippen molar-refractivity contribution in [1.29, 1.82) is 0 Å². The predicted octanol–water partition coefficient (Wildman–Crippen LogP) is 4.08. The lowest BCUT2D eigenvalue weighted by Gasteiger charge is -2.42. The maximum Gasteiger partial charge on any atom is 0.200 e. The Labute approximate surface area is 137 Å². The molecule has 0 radical (unpaired) electrons. The van der Waals surface area contributed by atoms with Crippen LogP contribution in [0.4, 0.5) is 0 Å². The fourth-order valence-electron chi connectivity index (χ4n) is 3.98. The minimum Gasteiger partial charge on any atom is -0.416 e. The first-order chi connectivity index (χ1) is 10.3. The third-order valence-electron chi connectivity index (χ3n) is 5.02. The highest BCUT2D eigenvalue weighted by molar-refractivity contribution is 6.77. The Balaban J connectivity index is 2.44. The normalized spacial score (nSPS) is 21.8. The molecule has 0 amide bonds. The van der Waals surface area contributed by atoms with Gasteiger partial charge in [0.2, 0.25) is 0 Å². The van der Waals surface area contributed by atoms with Gasteiger partial charge in [-0.05, 0) is 35.9 Å². The van der Waals surface area contributed by atoms with Crippen LogP contribution in [0.25, 0.3) is 0 Å². The first-order valence-corrected chi connectivity index (χ1v) is 11.0. The van der Waals surface area contributed by atoms with E-state index in [1.807, 2.05) is 0 Å². The van der Waals surface area contributed by atoms with E-state index in [9.17, 15) is 5.11 Å². The second-order valence-corrected chi connectivity index (χ2v) is 12.9. The molecule has 0 aromatic carbocycles. The predicted molar refractivity (Wildman–Crippen MR) is 92.5 cm³/mol. The Morgan fingerprint density at radius 2 is 1.68 bits per heavy atom. The molecule has 5 heteroatoms. The number of rotatable bonds is 9. The third-order valence-corrected chi connectivity index (χ3v) is 11.1. The van der Waals surface area contributed by atoms with Crippen LogP contribution in [0, 0.1) is 0 Å². The molecule has 1 fully saturated rings. The molecule has 1 heterocycles. The van der Waals surface area contributed by atoms with Gasteiger partial charge in [0.1, 0.15) is 6.79 Å². The van der Waals surface area contributed by atoms with Crippen molar-refractivity contribution in [3.05, 3.63) is 0 Å². The number of aliphatic hydroxyl groups excluding tert-OH is 1.